The van der Waals surface area contributed by atoms with Crippen LogP contribution in [-0.2, 0) is 22.8 Å². The Morgan fingerprint density at radius 3 is 2.31 bits per heavy atom. The summed E-state index contributed by atoms with van der Waals surface area (Å²) in [6.07, 6.45) is 1.07. The van der Waals surface area contributed by atoms with E-state index in [1.807, 2.05) is 60.7 Å². The van der Waals surface area contributed by atoms with Crippen LogP contribution in [0.25, 0.3) is 22.3 Å². The Bertz CT molecular complexity index is 1860. The molecule has 214 valence electrons. The van der Waals surface area contributed by atoms with Crippen LogP contribution in [0.15, 0.2) is 91.0 Å². The molecule has 3 aromatic carbocycles. The van der Waals surface area contributed by atoms with Crippen LogP contribution in [0.1, 0.15) is 39.6 Å². The highest BCUT2D eigenvalue weighted by Gasteiger charge is 2.33. The Morgan fingerprint density at radius 1 is 0.976 bits per heavy atom. The second kappa shape index (κ2) is 11.5. The largest absolute Gasteiger partial charge is 0.334 e. The molecule has 0 spiro atoms. The predicted octanol–water partition coefficient (Wildman–Crippen LogP) is 5.79. The van der Waals surface area contributed by atoms with E-state index in [0.29, 0.717) is 53.9 Å². The quantitative estimate of drug-likeness (QED) is 0.231. The molecule has 2 aromatic heterocycles. The number of hydrogen-bond donors (Lipinski definition) is 0. The van der Waals surface area contributed by atoms with Crippen LogP contribution in [0, 0.1) is 12.7 Å². The molecule has 42 heavy (non-hydrogen) atoms. The SMILES string of the molecule is Cc1nn(C2CCS(=O)(=O)C2)c2nc(-c3ccccc3F)cc(C(=O)N(CCc3ccccc3)Cc3ccccc3)c12. The first-order valence-electron chi connectivity index (χ1n) is 14.0. The number of rotatable bonds is 8. The number of nitrogens with zero attached hydrogens (tertiary/aromatic N) is 4. The molecule has 1 unspecified atom stereocenters. The minimum atomic E-state index is -3.20. The van der Waals surface area contributed by atoms with Crippen molar-refractivity contribution in [3.05, 3.63) is 119 Å². The molecular weight excluding hydrogens is 551 g/mol. The van der Waals surface area contributed by atoms with Gasteiger partial charge in [-0.2, -0.15) is 5.10 Å². The first-order valence-corrected chi connectivity index (χ1v) is 15.8. The van der Waals surface area contributed by atoms with Gasteiger partial charge in [-0.1, -0.05) is 72.8 Å². The highest BCUT2D eigenvalue weighted by atomic mass is 32.2. The third-order valence-electron chi connectivity index (χ3n) is 7.79. The lowest BCUT2D eigenvalue weighted by molar-refractivity contribution is 0.0747. The molecule has 1 aliphatic rings. The van der Waals surface area contributed by atoms with Gasteiger partial charge in [-0.3, -0.25) is 4.79 Å². The van der Waals surface area contributed by atoms with Crippen LogP contribution in [0.3, 0.4) is 0 Å². The maximum absolute atomic E-state index is 15.0. The summed E-state index contributed by atoms with van der Waals surface area (Å²) in [6, 6.07) is 27.3. The minimum Gasteiger partial charge on any atom is -0.334 e. The van der Waals surface area contributed by atoms with E-state index in [2.05, 4.69) is 0 Å². The highest BCUT2D eigenvalue weighted by molar-refractivity contribution is 7.91. The number of halogens is 1. The molecule has 0 aliphatic carbocycles. The average molecular weight is 583 g/mol. The molecule has 5 aromatic rings. The molecule has 6 rings (SSSR count). The molecule has 9 heteroatoms. The lowest BCUT2D eigenvalue weighted by Crippen LogP contribution is -2.33. The lowest BCUT2D eigenvalue weighted by atomic mass is 10.0. The summed E-state index contributed by atoms with van der Waals surface area (Å²) < 4.78 is 41.4. The van der Waals surface area contributed by atoms with Gasteiger partial charge in [0.15, 0.2) is 15.5 Å². The van der Waals surface area contributed by atoms with E-state index in [1.54, 1.807) is 40.8 Å². The summed E-state index contributed by atoms with van der Waals surface area (Å²) in [7, 11) is -3.20. The highest BCUT2D eigenvalue weighted by Crippen LogP contribution is 2.33. The van der Waals surface area contributed by atoms with Gasteiger partial charge in [0.1, 0.15) is 5.82 Å². The number of benzene rings is 3. The Morgan fingerprint density at radius 2 is 1.64 bits per heavy atom. The fraction of sp³-hybridized carbons (Fsp3) is 0.242. The molecular formula is C33H31FN4O3S. The van der Waals surface area contributed by atoms with E-state index in [9.17, 15) is 13.2 Å². The van der Waals surface area contributed by atoms with E-state index >= 15 is 4.39 Å². The summed E-state index contributed by atoms with van der Waals surface area (Å²) in [5, 5.41) is 5.26. The zero-order valence-electron chi connectivity index (χ0n) is 23.3. The van der Waals surface area contributed by atoms with Crippen LogP contribution in [0.5, 0.6) is 0 Å². The monoisotopic (exact) mass is 582 g/mol. The van der Waals surface area contributed by atoms with Gasteiger partial charge in [-0.15, -0.1) is 0 Å². The van der Waals surface area contributed by atoms with Crippen molar-refractivity contribution in [1.82, 2.24) is 19.7 Å². The molecule has 1 saturated heterocycles. The van der Waals surface area contributed by atoms with E-state index in [-0.39, 0.29) is 23.0 Å². The number of sulfone groups is 1. The summed E-state index contributed by atoms with van der Waals surface area (Å²) in [5.41, 5.74) is 4.00. The fourth-order valence-electron chi connectivity index (χ4n) is 5.65. The van der Waals surface area contributed by atoms with Gasteiger partial charge in [-0.05, 0) is 49.1 Å². The number of carbonyl (C=O) groups is 1. The van der Waals surface area contributed by atoms with Crippen molar-refractivity contribution in [2.75, 3.05) is 18.1 Å². The number of aryl methyl sites for hydroxylation is 1. The smallest absolute Gasteiger partial charge is 0.255 e. The van der Waals surface area contributed by atoms with Gasteiger partial charge < -0.3 is 4.90 Å². The number of aromatic nitrogens is 3. The maximum atomic E-state index is 15.0. The molecule has 3 heterocycles. The first kappa shape index (κ1) is 27.8. The number of carbonyl (C=O) groups excluding carboxylic acids is 1. The van der Waals surface area contributed by atoms with Crippen LogP contribution in [0.4, 0.5) is 4.39 Å². The summed E-state index contributed by atoms with van der Waals surface area (Å²) in [4.78, 5) is 21.1. The summed E-state index contributed by atoms with van der Waals surface area (Å²) >= 11 is 0. The molecule has 1 aliphatic heterocycles. The van der Waals surface area contributed by atoms with Crippen LogP contribution < -0.4 is 0 Å². The zero-order chi connectivity index (χ0) is 29.3. The standard InChI is InChI=1S/C33H31FN4O3S/c1-23-31-28(33(39)37(21-25-12-6-3-7-13-25)18-16-24-10-4-2-5-11-24)20-30(27-14-8-9-15-29(27)34)35-32(31)38(36-23)26-17-19-42(40,41)22-26/h2-15,20,26H,16-19,21-22H2,1H3. The molecule has 0 bridgehead atoms. The van der Waals surface area contributed by atoms with Crippen molar-refractivity contribution in [2.45, 2.75) is 32.4 Å². The maximum Gasteiger partial charge on any atom is 0.255 e. The lowest BCUT2D eigenvalue weighted by Gasteiger charge is -2.24. The minimum absolute atomic E-state index is 0.0463. The van der Waals surface area contributed by atoms with Crippen molar-refractivity contribution in [1.29, 1.82) is 0 Å². The van der Waals surface area contributed by atoms with Crippen LogP contribution in [-0.4, -0.2) is 52.0 Å². The Kier molecular flexibility index (Phi) is 7.60. The van der Waals surface area contributed by atoms with E-state index in [0.717, 1.165) is 11.1 Å². The van der Waals surface area contributed by atoms with Crippen LogP contribution >= 0.6 is 0 Å². The van der Waals surface area contributed by atoms with Gasteiger partial charge in [0.25, 0.3) is 5.91 Å². The van der Waals surface area contributed by atoms with Crippen molar-refractivity contribution in [3.8, 4) is 11.3 Å². The molecule has 1 atom stereocenters. The van der Waals surface area contributed by atoms with Crippen molar-refractivity contribution in [2.24, 2.45) is 0 Å². The van der Waals surface area contributed by atoms with E-state index < -0.39 is 21.7 Å². The second-order valence-electron chi connectivity index (χ2n) is 10.8. The third-order valence-corrected chi connectivity index (χ3v) is 9.54. The van der Waals surface area contributed by atoms with Crippen molar-refractivity contribution >= 4 is 26.8 Å². The summed E-state index contributed by atoms with van der Waals surface area (Å²) in [6.45, 7) is 2.65. The number of pyridine rings is 1. The molecule has 0 N–H and O–H groups in total. The molecule has 0 radical (unpaired) electrons. The molecule has 1 fully saturated rings. The Labute approximate surface area is 244 Å². The van der Waals surface area contributed by atoms with Gasteiger partial charge in [0.05, 0.1) is 39.9 Å². The van der Waals surface area contributed by atoms with Gasteiger partial charge in [-0.25, -0.2) is 22.5 Å². The summed E-state index contributed by atoms with van der Waals surface area (Å²) in [5.74, 6) is -0.656. The predicted molar refractivity (Wildman–Crippen MR) is 161 cm³/mol. The van der Waals surface area contributed by atoms with Crippen LogP contribution in [0.2, 0.25) is 0 Å². The fourth-order valence-corrected chi connectivity index (χ4v) is 7.34. The normalized spacial score (nSPS) is 16.1. The zero-order valence-corrected chi connectivity index (χ0v) is 24.1. The number of fused-ring (bicyclic) bond motifs is 1. The Hall–Kier alpha value is -4.37. The first-order chi connectivity index (χ1) is 20.3. The second-order valence-corrected chi connectivity index (χ2v) is 13.0. The topological polar surface area (TPSA) is 85.2 Å². The van der Waals surface area contributed by atoms with Gasteiger partial charge in [0.2, 0.25) is 0 Å². The molecule has 1 amide bonds. The van der Waals surface area contributed by atoms with Gasteiger partial charge >= 0.3 is 0 Å². The van der Waals surface area contributed by atoms with E-state index in [4.69, 9.17) is 10.1 Å². The van der Waals surface area contributed by atoms with Crippen molar-refractivity contribution < 1.29 is 17.6 Å². The Balaban J connectivity index is 1.49. The van der Waals surface area contributed by atoms with E-state index in [1.165, 1.54) is 6.07 Å². The van der Waals surface area contributed by atoms with Crippen molar-refractivity contribution in [3.63, 3.8) is 0 Å². The molecule has 0 saturated carbocycles. The average Bonchev–Trinajstić information content (AvgIpc) is 3.53. The number of hydrogen-bond acceptors (Lipinski definition) is 5. The number of amides is 1. The third kappa shape index (κ3) is 5.69. The van der Waals surface area contributed by atoms with Gasteiger partial charge in [0, 0.05) is 18.7 Å². The molecule has 7 nitrogen and oxygen atoms in total.